The molecule has 2 unspecified atom stereocenters. The van der Waals surface area contributed by atoms with Crippen LogP contribution in [-0.2, 0) is 10.2 Å². The van der Waals surface area contributed by atoms with E-state index in [1.54, 1.807) is 0 Å². The van der Waals surface area contributed by atoms with Gasteiger partial charge in [-0.25, -0.2) is 0 Å². The number of amides is 1. The lowest BCUT2D eigenvalue weighted by Crippen LogP contribution is -2.50. The van der Waals surface area contributed by atoms with Crippen molar-refractivity contribution in [2.24, 2.45) is 11.7 Å². The lowest BCUT2D eigenvalue weighted by atomic mass is 9.82. The molecule has 0 spiro atoms. The summed E-state index contributed by atoms with van der Waals surface area (Å²) >= 11 is 3.44. The molecular weight excluding hydrogens is 364 g/mol. The summed E-state index contributed by atoms with van der Waals surface area (Å²) in [5, 5.41) is 0. The number of likely N-dealkylation sites (tertiary alicyclic amines) is 1. The van der Waals surface area contributed by atoms with Gasteiger partial charge in [-0.1, -0.05) is 28.1 Å². The summed E-state index contributed by atoms with van der Waals surface area (Å²) in [6, 6.07) is 8.18. The summed E-state index contributed by atoms with van der Waals surface area (Å²) in [5.74, 6) is 0.624. The van der Waals surface area contributed by atoms with Gasteiger partial charge in [-0.15, -0.1) is 12.4 Å². The van der Waals surface area contributed by atoms with E-state index >= 15 is 0 Å². The van der Waals surface area contributed by atoms with Gasteiger partial charge in [0.1, 0.15) is 0 Å². The zero-order valence-electron chi connectivity index (χ0n) is 13.5. The topological polar surface area (TPSA) is 46.3 Å². The Morgan fingerprint density at radius 3 is 2.50 bits per heavy atom. The van der Waals surface area contributed by atoms with Gasteiger partial charge >= 0.3 is 0 Å². The quantitative estimate of drug-likeness (QED) is 0.856. The molecule has 1 aromatic carbocycles. The molecule has 0 saturated carbocycles. The van der Waals surface area contributed by atoms with E-state index in [2.05, 4.69) is 15.9 Å². The van der Waals surface area contributed by atoms with Crippen LogP contribution in [0.25, 0.3) is 0 Å². The highest BCUT2D eigenvalue weighted by Gasteiger charge is 2.36. The number of halogens is 2. The van der Waals surface area contributed by atoms with Gasteiger partial charge < -0.3 is 10.6 Å². The summed E-state index contributed by atoms with van der Waals surface area (Å²) in [5.41, 5.74) is 6.58. The molecule has 5 heteroatoms. The Labute approximate surface area is 148 Å². The Morgan fingerprint density at radius 2 is 1.95 bits per heavy atom. The van der Waals surface area contributed by atoms with Crippen molar-refractivity contribution in [1.29, 1.82) is 0 Å². The number of piperidine rings is 1. The third kappa shape index (κ3) is 4.24. The minimum Gasteiger partial charge on any atom is -0.342 e. The molecule has 1 amide bonds. The molecule has 2 N–H and O–H groups in total. The highest BCUT2D eigenvalue weighted by Crippen LogP contribution is 2.29. The first-order chi connectivity index (χ1) is 9.82. The predicted octanol–water partition coefficient (Wildman–Crippen LogP) is 3.73. The van der Waals surface area contributed by atoms with Crippen molar-refractivity contribution in [2.75, 3.05) is 13.1 Å². The van der Waals surface area contributed by atoms with Crippen LogP contribution in [0, 0.1) is 5.92 Å². The van der Waals surface area contributed by atoms with Crippen LogP contribution in [0.1, 0.15) is 39.2 Å². The average molecular weight is 390 g/mol. The maximum Gasteiger partial charge on any atom is 0.232 e. The number of nitrogens with two attached hydrogens (primary N) is 1. The van der Waals surface area contributed by atoms with E-state index in [1.165, 1.54) is 0 Å². The molecule has 124 valence electrons. The second kappa shape index (κ2) is 7.80. The summed E-state index contributed by atoms with van der Waals surface area (Å²) in [7, 11) is 0. The van der Waals surface area contributed by atoms with Crippen LogP contribution in [0.2, 0.25) is 0 Å². The maximum absolute atomic E-state index is 12.9. The number of benzene rings is 1. The van der Waals surface area contributed by atoms with E-state index in [4.69, 9.17) is 5.73 Å². The molecule has 0 radical (unpaired) electrons. The molecule has 1 saturated heterocycles. The second-order valence-corrected chi connectivity index (χ2v) is 7.56. The van der Waals surface area contributed by atoms with E-state index in [1.807, 2.05) is 49.9 Å². The Balaban J connectivity index is 0.00000242. The molecule has 1 aromatic rings. The standard InChI is InChI=1S/C17H25BrN2O.ClH/c1-12(19)13-5-4-10-20(11-13)16(21)17(2,3)14-6-8-15(18)9-7-14;/h6-9,12-13H,4-5,10-11,19H2,1-3H3;1H. The van der Waals surface area contributed by atoms with E-state index in [0.29, 0.717) is 5.92 Å². The van der Waals surface area contributed by atoms with Crippen molar-refractivity contribution in [3.05, 3.63) is 34.3 Å². The molecule has 3 nitrogen and oxygen atoms in total. The number of hydrogen-bond donors (Lipinski definition) is 1. The first kappa shape index (κ1) is 19.5. The number of nitrogens with zero attached hydrogens (tertiary/aromatic N) is 1. The lowest BCUT2D eigenvalue weighted by Gasteiger charge is -2.39. The van der Waals surface area contributed by atoms with Crippen molar-refractivity contribution in [2.45, 2.75) is 45.1 Å². The highest BCUT2D eigenvalue weighted by molar-refractivity contribution is 9.10. The van der Waals surface area contributed by atoms with Gasteiger partial charge in [0.2, 0.25) is 5.91 Å². The largest absolute Gasteiger partial charge is 0.342 e. The van der Waals surface area contributed by atoms with Crippen molar-refractivity contribution >= 4 is 34.2 Å². The number of hydrogen-bond acceptors (Lipinski definition) is 2. The first-order valence-corrected chi connectivity index (χ1v) is 8.42. The molecule has 22 heavy (non-hydrogen) atoms. The predicted molar refractivity (Wildman–Crippen MR) is 97.4 cm³/mol. The molecular formula is C17H26BrClN2O. The van der Waals surface area contributed by atoms with Crippen LogP contribution in [0.3, 0.4) is 0 Å². The fourth-order valence-electron chi connectivity index (χ4n) is 3.01. The molecule has 1 aliphatic heterocycles. The third-order valence-corrected chi connectivity index (χ3v) is 5.12. The van der Waals surface area contributed by atoms with Crippen LogP contribution in [0.4, 0.5) is 0 Å². The van der Waals surface area contributed by atoms with Gasteiger partial charge in [0.05, 0.1) is 5.41 Å². The average Bonchev–Trinajstić information content (AvgIpc) is 2.47. The van der Waals surface area contributed by atoms with Gasteiger partial charge in [-0.2, -0.15) is 0 Å². The molecule has 1 fully saturated rings. The van der Waals surface area contributed by atoms with Crippen molar-refractivity contribution in [3.8, 4) is 0 Å². The van der Waals surface area contributed by atoms with Gasteiger partial charge in [0, 0.05) is 23.6 Å². The highest BCUT2D eigenvalue weighted by atomic mass is 79.9. The molecule has 2 atom stereocenters. The van der Waals surface area contributed by atoms with Crippen molar-refractivity contribution in [3.63, 3.8) is 0 Å². The fourth-order valence-corrected chi connectivity index (χ4v) is 3.27. The Morgan fingerprint density at radius 1 is 1.36 bits per heavy atom. The molecule has 2 rings (SSSR count). The summed E-state index contributed by atoms with van der Waals surface area (Å²) < 4.78 is 1.03. The number of carbonyl (C=O) groups is 1. The van der Waals surface area contributed by atoms with Crippen LogP contribution in [-0.4, -0.2) is 29.9 Å². The van der Waals surface area contributed by atoms with Crippen LogP contribution >= 0.6 is 28.3 Å². The normalized spacial score (nSPS) is 20.2. The van der Waals surface area contributed by atoms with Crippen LogP contribution < -0.4 is 5.73 Å². The zero-order chi connectivity index (χ0) is 15.6. The minimum atomic E-state index is -0.500. The van der Waals surface area contributed by atoms with E-state index in [0.717, 1.165) is 36.0 Å². The first-order valence-electron chi connectivity index (χ1n) is 7.63. The monoisotopic (exact) mass is 388 g/mol. The van der Waals surface area contributed by atoms with Gasteiger partial charge in [0.15, 0.2) is 0 Å². The van der Waals surface area contributed by atoms with E-state index in [-0.39, 0.29) is 24.4 Å². The van der Waals surface area contributed by atoms with Crippen molar-refractivity contribution < 1.29 is 4.79 Å². The van der Waals surface area contributed by atoms with Crippen LogP contribution in [0.5, 0.6) is 0 Å². The summed E-state index contributed by atoms with van der Waals surface area (Å²) in [6.07, 6.45) is 2.18. The smallest absolute Gasteiger partial charge is 0.232 e. The maximum atomic E-state index is 12.9. The Hall–Kier alpha value is -0.580. The summed E-state index contributed by atoms with van der Waals surface area (Å²) in [4.78, 5) is 14.9. The minimum absolute atomic E-state index is 0. The molecule has 0 aromatic heterocycles. The van der Waals surface area contributed by atoms with Gasteiger partial charge in [-0.05, 0) is 57.2 Å². The number of carbonyl (C=O) groups excluding carboxylic acids is 1. The van der Waals surface area contributed by atoms with Crippen LogP contribution in [0.15, 0.2) is 28.7 Å². The molecule has 1 aliphatic rings. The molecule has 1 heterocycles. The van der Waals surface area contributed by atoms with Gasteiger partial charge in [-0.3, -0.25) is 4.79 Å². The Bertz CT molecular complexity index is 502. The third-order valence-electron chi connectivity index (χ3n) is 4.59. The SMILES string of the molecule is CC(N)C1CCCN(C(=O)C(C)(C)c2ccc(Br)cc2)C1.Cl. The molecule has 0 aliphatic carbocycles. The van der Waals surface area contributed by atoms with E-state index in [9.17, 15) is 4.79 Å². The van der Waals surface area contributed by atoms with Gasteiger partial charge in [0.25, 0.3) is 0 Å². The lowest BCUT2D eigenvalue weighted by molar-refractivity contribution is -0.138. The summed E-state index contributed by atoms with van der Waals surface area (Å²) in [6.45, 7) is 7.69. The van der Waals surface area contributed by atoms with E-state index < -0.39 is 5.41 Å². The second-order valence-electron chi connectivity index (χ2n) is 6.64. The fraction of sp³-hybridized carbons (Fsp3) is 0.588. The Kier molecular flexibility index (Phi) is 6.90. The molecule has 0 bridgehead atoms. The number of rotatable bonds is 3. The zero-order valence-corrected chi connectivity index (χ0v) is 15.9. The van der Waals surface area contributed by atoms with Crippen molar-refractivity contribution in [1.82, 2.24) is 4.90 Å².